The molecular weight excluding hydrogens is 897 g/mol. The predicted molar refractivity (Wildman–Crippen MR) is 244 cm³/mol. The Kier molecular flexibility index (Phi) is 13.1. The molecule has 7 N–H and O–H groups in total. The first-order valence-electron chi connectivity index (χ1n) is 19.8. The maximum absolute atomic E-state index is 17.5. The van der Waals surface area contributed by atoms with E-state index in [-0.39, 0.29) is 27.9 Å². The summed E-state index contributed by atoms with van der Waals surface area (Å²) < 4.78 is 87.6. The molecular formula is C48H36F4N6O6S2. The number of hydrogen-bond acceptors (Lipinski definition) is 12. The Balaban J connectivity index is 1.24. The number of methoxy groups -OCH3 is 1. The summed E-state index contributed by atoms with van der Waals surface area (Å²) in [6, 6.07) is 33.1. The normalized spacial score (nSPS) is 11.0. The SMILES string of the molecule is COc1c(OCNC(=O)c2ccccc2)c(F)c(-c2nc(COc3ccc(F)c(C(N)=O)c3F)sc2-c2ccccc2N)c(F)c1OCc1nc(-c2ccccc2)c(-c2cccc(N)c2)s1. The number of halogens is 4. The molecule has 8 rings (SSSR count). The number of carbonyl (C=O) groups excluding carboxylic acids is 2. The average molecular weight is 933 g/mol. The lowest BCUT2D eigenvalue weighted by Crippen LogP contribution is -2.28. The number of nitrogen functional groups attached to an aromatic ring is 2. The third kappa shape index (κ3) is 9.17. The minimum absolute atomic E-state index is 0.0487. The van der Waals surface area contributed by atoms with E-state index in [1.54, 1.807) is 66.7 Å². The van der Waals surface area contributed by atoms with Gasteiger partial charge in [-0.3, -0.25) is 9.59 Å². The second kappa shape index (κ2) is 19.4. The van der Waals surface area contributed by atoms with Crippen LogP contribution in [0.2, 0.25) is 0 Å². The lowest BCUT2D eigenvalue weighted by molar-refractivity contribution is 0.0914. The molecule has 8 aromatic rings. The smallest absolute Gasteiger partial charge is 0.254 e. The van der Waals surface area contributed by atoms with E-state index < -0.39 is 82.5 Å². The maximum Gasteiger partial charge on any atom is 0.254 e. The van der Waals surface area contributed by atoms with Crippen LogP contribution in [0, 0.1) is 23.3 Å². The van der Waals surface area contributed by atoms with Gasteiger partial charge in [-0.1, -0.05) is 78.9 Å². The Bertz CT molecular complexity index is 3100. The van der Waals surface area contributed by atoms with Crippen molar-refractivity contribution in [3.8, 4) is 66.4 Å². The third-order valence-electron chi connectivity index (χ3n) is 9.91. The quantitative estimate of drug-likeness (QED) is 0.0413. The second-order valence-electron chi connectivity index (χ2n) is 14.2. The average Bonchev–Trinajstić information content (AvgIpc) is 3.94. The van der Waals surface area contributed by atoms with Gasteiger partial charge < -0.3 is 41.5 Å². The van der Waals surface area contributed by atoms with Gasteiger partial charge in [-0.05, 0) is 48.0 Å². The predicted octanol–water partition coefficient (Wildman–Crippen LogP) is 10.0. The van der Waals surface area contributed by atoms with Gasteiger partial charge >= 0.3 is 0 Å². The van der Waals surface area contributed by atoms with Gasteiger partial charge in [0.05, 0.1) is 33.8 Å². The highest BCUT2D eigenvalue weighted by Crippen LogP contribution is 2.51. The molecule has 0 aliphatic heterocycles. The summed E-state index contributed by atoms with van der Waals surface area (Å²) in [7, 11) is 1.16. The number of ether oxygens (including phenoxy) is 4. The van der Waals surface area contributed by atoms with Crippen LogP contribution in [0.5, 0.6) is 23.0 Å². The summed E-state index contributed by atoms with van der Waals surface area (Å²) in [4.78, 5) is 35.1. The minimum Gasteiger partial charge on any atom is -0.490 e. The molecule has 12 nitrogen and oxygen atoms in total. The number of carbonyl (C=O) groups is 2. The molecule has 6 aromatic carbocycles. The zero-order valence-electron chi connectivity index (χ0n) is 34.6. The monoisotopic (exact) mass is 932 g/mol. The highest BCUT2D eigenvalue weighted by molar-refractivity contribution is 7.16. The van der Waals surface area contributed by atoms with Gasteiger partial charge in [-0.25, -0.2) is 27.5 Å². The number of para-hydroxylation sites is 1. The summed E-state index contributed by atoms with van der Waals surface area (Å²) in [5, 5.41) is 3.00. The molecule has 0 saturated carbocycles. The van der Waals surface area contributed by atoms with Crippen LogP contribution in [-0.4, -0.2) is 35.6 Å². The van der Waals surface area contributed by atoms with E-state index in [4.69, 9.17) is 41.1 Å². The summed E-state index contributed by atoms with van der Waals surface area (Å²) in [5.41, 5.74) is 19.2. The van der Waals surface area contributed by atoms with Gasteiger partial charge in [0, 0.05) is 28.1 Å². The number of hydrogen-bond donors (Lipinski definition) is 4. The van der Waals surface area contributed by atoms with Crippen molar-refractivity contribution in [2.24, 2.45) is 5.73 Å². The largest absolute Gasteiger partial charge is 0.490 e. The van der Waals surface area contributed by atoms with Crippen molar-refractivity contribution in [1.29, 1.82) is 0 Å². The van der Waals surface area contributed by atoms with Crippen molar-refractivity contribution in [3.05, 3.63) is 166 Å². The van der Waals surface area contributed by atoms with E-state index in [1.807, 2.05) is 42.5 Å². The van der Waals surface area contributed by atoms with Crippen molar-refractivity contribution in [2.45, 2.75) is 13.2 Å². The van der Waals surface area contributed by atoms with E-state index in [1.165, 1.54) is 11.3 Å². The van der Waals surface area contributed by atoms with Crippen LogP contribution < -0.4 is 41.5 Å². The fraction of sp³-hybridized carbons (Fsp3) is 0.0833. The van der Waals surface area contributed by atoms with E-state index in [0.29, 0.717) is 27.5 Å². The van der Waals surface area contributed by atoms with E-state index >= 15 is 13.2 Å². The lowest BCUT2D eigenvalue weighted by atomic mass is 10.0. The molecule has 0 fully saturated rings. The van der Waals surface area contributed by atoms with Crippen molar-refractivity contribution in [1.82, 2.24) is 15.3 Å². The first-order chi connectivity index (χ1) is 31.9. The summed E-state index contributed by atoms with van der Waals surface area (Å²) >= 11 is 2.18. The summed E-state index contributed by atoms with van der Waals surface area (Å²) in [6.45, 7) is -1.47. The van der Waals surface area contributed by atoms with Crippen molar-refractivity contribution in [2.75, 3.05) is 25.3 Å². The van der Waals surface area contributed by atoms with E-state index in [9.17, 15) is 14.0 Å². The zero-order valence-corrected chi connectivity index (χ0v) is 36.2. The van der Waals surface area contributed by atoms with Crippen molar-refractivity contribution >= 4 is 45.9 Å². The molecule has 0 saturated heterocycles. The van der Waals surface area contributed by atoms with Gasteiger partial charge in [-0.2, -0.15) is 0 Å². The number of thiazole rings is 2. The molecule has 2 aromatic heterocycles. The Labute approximate surface area is 382 Å². The standard InChI is InChI=1S/C48H36F4N6O6S2/c1-61-44-42(63-23-34-57-40(25-11-4-2-5-12-25)45(65-34)27-15-10-16-28(53)21-27)38(51)36(39(52)43(44)64-24-56-48(60)26-13-6-3-7-14-26)41-46(29-17-8-9-18-31(29)54)66-33(58-41)22-62-32-20-19-30(49)35(37(32)50)47(55)59/h2-21H,22-24,53-54H2,1H3,(H2,55,59)(H,56,60). The summed E-state index contributed by atoms with van der Waals surface area (Å²) in [6.07, 6.45) is 0. The van der Waals surface area contributed by atoms with Crippen LogP contribution in [-0.2, 0) is 13.2 Å². The van der Waals surface area contributed by atoms with Crippen molar-refractivity contribution in [3.63, 3.8) is 0 Å². The molecule has 0 spiro atoms. The molecule has 0 aliphatic rings. The number of primary amides is 1. The molecule has 334 valence electrons. The Morgan fingerprint density at radius 3 is 1.95 bits per heavy atom. The number of nitrogens with zero attached hydrogens (tertiary/aromatic N) is 2. The Hall–Kier alpha value is -7.96. The summed E-state index contributed by atoms with van der Waals surface area (Å²) in [5.74, 6) is -9.27. The number of nitrogens with two attached hydrogens (primary N) is 3. The van der Waals surface area contributed by atoms with Crippen LogP contribution in [0.1, 0.15) is 30.7 Å². The topological polar surface area (TPSA) is 187 Å². The maximum atomic E-state index is 17.5. The van der Waals surface area contributed by atoms with Gasteiger partial charge in [0.1, 0.15) is 34.6 Å². The molecule has 2 heterocycles. The second-order valence-corrected chi connectivity index (χ2v) is 16.3. The van der Waals surface area contributed by atoms with E-state index in [0.717, 1.165) is 46.6 Å². The fourth-order valence-corrected chi connectivity index (χ4v) is 8.89. The van der Waals surface area contributed by atoms with Crippen LogP contribution in [0.25, 0.3) is 43.4 Å². The number of benzene rings is 6. The Morgan fingerprint density at radius 2 is 1.27 bits per heavy atom. The van der Waals surface area contributed by atoms with Gasteiger partial charge in [0.15, 0.2) is 29.9 Å². The van der Waals surface area contributed by atoms with Gasteiger partial charge in [0.25, 0.3) is 11.8 Å². The number of nitrogens with one attached hydrogen (secondary N) is 1. The third-order valence-corrected chi connectivity index (χ3v) is 12.1. The molecule has 18 heteroatoms. The van der Waals surface area contributed by atoms with Gasteiger partial charge in [0.2, 0.25) is 17.2 Å². The fourth-order valence-electron chi connectivity index (χ4n) is 6.86. The zero-order chi connectivity index (χ0) is 46.5. The molecule has 66 heavy (non-hydrogen) atoms. The molecule has 0 unspecified atom stereocenters. The molecule has 2 amide bonds. The lowest BCUT2D eigenvalue weighted by Gasteiger charge is -2.19. The number of amides is 2. The molecule has 0 bridgehead atoms. The Morgan fingerprint density at radius 1 is 0.652 bits per heavy atom. The van der Waals surface area contributed by atoms with Crippen LogP contribution in [0.3, 0.4) is 0 Å². The highest BCUT2D eigenvalue weighted by atomic mass is 32.1. The minimum atomic E-state index is -1.36. The number of anilines is 2. The van der Waals surface area contributed by atoms with Crippen LogP contribution in [0.4, 0.5) is 28.9 Å². The molecule has 0 aliphatic carbocycles. The highest BCUT2D eigenvalue weighted by Gasteiger charge is 2.33. The number of rotatable bonds is 16. The van der Waals surface area contributed by atoms with Crippen molar-refractivity contribution < 1.29 is 46.1 Å². The number of aromatic nitrogens is 2. The van der Waals surface area contributed by atoms with Crippen LogP contribution in [0.15, 0.2) is 121 Å². The molecule has 0 radical (unpaired) electrons. The van der Waals surface area contributed by atoms with Gasteiger partial charge in [-0.15, -0.1) is 22.7 Å². The molecule has 0 atom stereocenters. The van der Waals surface area contributed by atoms with Crippen LogP contribution >= 0.6 is 22.7 Å². The van der Waals surface area contributed by atoms with E-state index in [2.05, 4.69) is 10.3 Å². The first-order valence-corrected chi connectivity index (χ1v) is 21.4. The first kappa shape index (κ1) is 44.6.